The largest absolute Gasteiger partial charge is 0.492 e. The molecule has 0 N–H and O–H groups in total. The summed E-state index contributed by atoms with van der Waals surface area (Å²) in [7, 11) is 0. The molecule has 1 aromatic carbocycles. The first kappa shape index (κ1) is 13.1. The van der Waals surface area contributed by atoms with Gasteiger partial charge in [0.1, 0.15) is 12.4 Å². The Balaban J connectivity index is 1.92. The van der Waals surface area contributed by atoms with E-state index in [1.807, 2.05) is 35.9 Å². The second kappa shape index (κ2) is 5.57. The molecule has 0 aliphatic heterocycles. The summed E-state index contributed by atoms with van der Waals surface area (Å²) in [6.45, 7) is 7.63. The first-order valence-electron chi connectivity index (χ1n) is 5.97. The molecule has 0 aliphatic rings. The highest BCUT2D eigenvalue weighted by Crippen LogP contribution is 2.16. The summed E-state index contributed by atoms with van der Waals surface area (Å²) < 4.78 is 8.75. The monoisotopic (exact) mass is 308 g/mol. The molecule has 3 nitrogen and oxygen atoms in total. The summed E-state index contributed by atoms with van der Waals surface area (Å²) >= 11 is 3.40. The van der Waals surface area contributed by atoms with Gasteiger partial charge in [0.2, 0.25) is 0 Å². The van der Waals surface area contributed by atoms with Gasteiger partial charge in [0.25, 0.3) is 0 Å². The quantitative estimate of drug-likeness (QED) is 0.862. The zero-order valence-electron chi connectivity index (χ0n) is 10.9. The first-order chi connectivity index (χ1) is 8.58. The Bertz CT molecular complexity index is 531. The molecule has 0 fully saturated rings. The lowest BCUT2D eigenvalue weighted by Gasteiger charge is -2.07. The topological polar surface area (TPSA) is 27.1 Å². The van der Waals surface area contributed by atoms with E-state index in [9.17, 15) is 0 Å². The van der Waals surface area contributed by atoms with Gasteiger partial charge in [-0.3, -0.25) is 4.68 Å². The molecule has 2 aromatic rings. The van der Waals surface area contributed by atoms with E-state index in [4.69, 9.17) is 4.74 Å². The van der Waals surface area contributed by atoms with Gasteiger partial charge in [-0.15, -0.1) is 0 Å². The summed E-state index contributed by atoms with van der Waals surface area (Å²) in [5, 5.41) is 4.48. The van der Waals surface area contributed by atoms with Gasteiger partial charge >= 0.3 is 0 Å². The molecule has 0 saturated carbocycles. The first-order valence-corrected chi connectivity index (χ1v) is 6.76. The number of ether oxygens (including phenoxy) is 1. The van der Waals surface area contributed by atoms with Gasteiger partial charge in [-0.1, -0.05) is 15.9 Å². The van der Waals surface area contributed by atoms with Crippen LogP contribution in [0.1, 0.15) is 17.0 Å². The van der Waals surface area contributed by atoms with Crippen LogP contribution in [0.15, 0.2) is 28.7 Å². The van der Waals surface area contributed by atoms with Crippen LogP contribution in [-0.2, 0) is 6.54 Å². The van der Waals surface area contributed by atoms with E-state index in [-0.39, 0.29) is 0 Å². The van der Waals surface area contributed by atoms with Crippen molar-refractivity contribution in [3.8, 4) is 5.75 Å². The maximum absolute atomic E-state index is 5.69. The number of halogens is 1. The molecule has 0 saturated heterocycles. The molecule has 1 aromatic heterocycles. The Hall–Kier alpha value is -1.29. The molecule has 0 bridgehead atoms. The van der Waals surface area contributed by atoms with E-state index >= 15 is 0 Å². The van der Waals surface area contributed by atoms with Crippen LogP contribution >= 0.6 is 15.9 Å². The van der Waals surface area contributed by atoms with Crippen LogP contribution in [0.5, 0.6) is 5.75 Å². The fourth-order valence-electron chi connectivity index (χ4n) is 1.78. The number of aryl methyl sites for hydroxylation is 1. The van der Waals surface area contributed by atoms with E-state index in [0.717, 1.165) is 22.5 Å². The predicted octanol–water partition coefficient (Wildman–Crippen LogP) is 3.65. The molecule has 1 heterocycles. The van der Waals surface area contributed by atoms with Crippen LogP contribution in [0.4, 0.5) is 0 Å². The summed E-state index contributed by atoms with van der Waals surface area (Å²) in [4.78, 5) is 0. The lowest BCUT2D eigenvalue weighted by Crippen LogP contribution is -2.11. The molecule has 0 radical (unpaired) electrons. The van der Waals surface area contributed by atoms with Gasteiger partial charge in [-0.05, 0) is 50.6 Å². The van der Waals surface area contributed by atoms with Crippen LogP contribution < -0.4 is 4.74 Å². The Morgan fingerprint density at radius 1 is 1.17 bits per heavy atom. The number of aromatic nitrogens is 2. The second-order valence-electron chi connectivity index (χ2n) is 4.32. The second-order valence-corrected chi connectivity index (χ2v) is 5.24. The molecular formula is C14H17BrN2O. The van der Waals surface area contributed by atoms with Crippen molar-refractivity contribution in [2.24, 2.45) is 0 Å². The SMILES string of the molecule is Cc1nn(CCOc2ccc(Br)cc2)c(C)c1C. The van der Waals surface area contributed by atoms with Crippen molar-refractivity contribution >= 4 is 15.9 Å². The van der Waals surface area contributed by atoms with Gasteiger partial charge < -0.3 is 4.74 Å². The summed E-state index contributed by atoms with van der Waals surface area (Å²) in [6, 6.07) is 7.86. The third-order valence-electron chi connectivity index (χ3n) is 3.13. The van der Waals surface area contributed by atoms with Crippen LogP contribution in [-0.4, -0.2) is 16.4 Å². The highest BCUT2D eigenvalue weighted by Gasteiger charge is 2.06. The van der Waals surface area contributed by atoms with Crippen molar-refractivity contribution in [2.75, 3.05) is 6.61 Å². The van der Waals surface area contributed by atoms with E-state index in [2.05, 4.69) is 34.9 Å². The number of nitrogens with zero attached hydrogens (tertiary/aromatic N) is 2. The van der Waals surface area contributed by atoms with Crippen LogP contribution in [0.2, 0.25) is 0 Å². The van der Waals surface area contributed by atoms with E-state index < -0.39 is 0 Å². The normalized spacial score (nSPS) is 10.7. The van der Waals surface area contributed by atoms with Crippen molar-refractivity contribution in [2.45, 2.75) is 27.3 Å². The number of hydrogen-bond donors (Lipinski definition) is 0. The van der Waals surface area contributed by atoms with Gasteiger partial charge in [-0.2, -0.15) is 5.10 Å². The predicted molar refractivity (Wildman–Crippen MR) is 76.1 cm³/mol. The molecule has 4 heteroatoms. The molecule has 2 rings (SSSR count). The maximum atomic E-state index is 5.69. The van der Waals surface area contributed by atoms with Crippen LogP contribution in [0, 0.1) is 20.8 Å². The minimum absolute atomic E-state index is 0.628. The fourth-order valence-corrected chi connectivity index (χ4v) is 2.05. The lowest BCUT2D eigenvalue weighted by molar-refractivity contribution is 0.289. The molecule has 0 unspecified atom stereocenters. The number of rotatable bonds is 4. The molecule has 0 amide bonds. The van der Waals surface area contributed by atoms with E-state index in [0.29, 0.717) is 6.61 Å². The zero-order valence-corrected chi connectivity index (χ0v) is 12.5. The van der Waals surface area contributed by atoms with Crippen molar-refractivity contribution in [3.05, 3.63) is 45.7 Å². The molecule has 96 valence electrons. The third kappa shape index (κ3) is 2.93. The van der Waals surface area contributed by atoms with E-state index in [1.54, 1.807) is 0 Å². The Morgan fingerprint density at radius 3 is 2.39 bits per heavy atom. The summed E-state index contributed by atoms with van der Waals surface area (Å²) in [5.74, 6) is 0.886. The minimum atomic E-state index is 0.628. The van der Waals surface area contributed by atoms with E-state index in [1.165, 1.54) is 11.3 Å². The molecule has 0 spiro atoms. The highest BCUT2D eigenvalue weighted by atomic mass is 79.9. The zero-order chi connectivity index (χ0) is 13.1. The number of hydrogen-bond acceptors (Lipinski definition) is 2. The Morgan fingerprint density at radius 2 is 1.83 bits per heavy atom. The van der Waals surface area contributed by atoms with Crippen LogP contribution in [0.3, 0.4) is 0 Å². The minimum Gasteiger partial charge on any atom is -0.492 e. The summed E-state index contributed by atoms with van der Waals surface area (Å²) in [6.07, 6.45) is 0. The van der Waals surface area contributed by atoms with Gasteiger partial charge in [-0.25, -0.2) is 0 Å². The molecule has 18 heavy (non-hydrogen) atoms. The average Bonchev–Trinajstić information content (AvgIpc) is 2.60. The smallest absolute Gasteiger partial charge is 0.119 e. The van der Waals surface area contributed by atoms with Gasteiger partial charge in [0, 0.05) is 10.2 Å². The van der Waals surface area contributed by atoms with Crippen molar-refractivity contribution in [1.29, 1.82) is 0 Å². The van der Waals surface area contributed by atoms with Crippen LogP contribution in [0.25, 0.3) is 0 Å². The molecule has 0 atom stereocenters. The van der Waals surface area contributed by atoms with Gasteiger partial charge in [0.05, 0.1) is 12.2 Å². The summed E-state index contributed by atoms with van der Waals surface area (Å²) in [5.41, 5.74) is 3.57. The van der Waals surface area contributed by atoms with Crippen molar-refractivity contribution < 1.29 is 4.74 Å². The third-order valence-corrected chi connectivity index (χ3v) is 3.66. The highest BCUT2D eigenvalue weighted by molar-refractivity contribution is 9.10. The van der Waals surface area contributed by atoms with Crippen molar-refractivity contribution in [1.82, 2.24) is 9.78 Å². The standard InChI is InChI=1S/C14H17BrN2O/c1-10-11(2)16-17(12(10)3)8-9-18-14-6-4-13(15)5-7-14/h4-7H,8-9H2,1-3H3. The molecule has 0 aliphatic carbocycles. The average molecular weight is 309 g/mol. The maximum Gasteiger partial charge on any atom is 0.119 e. The number of benzene rings is 1. The van der Waals surface area contributed by atoms with Crippen molar-refractivity contribution in [3.63, 3.8) is 0 Å². The van der Waals surface area contributed by atoms with Gasteiger partial charge in [0.15, 0.2) is 0 Å². The fraction of sp³-hybridized carbons (Fsp3) is 0.357. The Kier molecular flexibility index (Phi) is 4.07. The Labute approximate surface area is 116 Å². The lowest BCUT2D eigenvalue weighted by atomic mass is 10.2. The molecular weight excluding hydrogens is 292 g/mol.